The van der Waals surface area contributed by atoms with E-state index in [0.29, 0.717) is 10.8 Å². The summed E-state index contributed by atoms with van der Waals surface area (Å²) >= 11 is 1.37. The molecule has 3 aromatic rings. The molecule has 1 amide bonds. The maximum absolute atomic E-state index is 13.4. The Hall–Kier alpha value is -2.64. The molecule has 0 atom stereocenters. The van der Waals surface area contributed by atoms with E-state index in [-0.39, 0.29) is 12.5 Å². The zero-order valence-electron chi connectivity index (χ0n) is 19.1. The van der Waals surface area contributed by atoms with Gasteiger partial charge in [-0.05, 0) is 43.0 Å². The highest BCUT2D eigenvalue weighted by Gasteiger charge is 2.30. The van der Waals surface area contributed by atoms with E-state index < -0.39 is 5.97 Å². The van der Waals surface area contributed by atoms with E-state index in [9.17, 15) is 14.7 Å². The van der Waals surface area contributed by atoms with Crippen LogP contribution in [0.2, 0.25) is 0 Å². The minimum Gasteiger partial charge on any atom is -0.477 e. The van der Waals surface area contributed by atoms with Crippen LogP contribution < -0.4 is 0 Å². The van der Waals surface area contributed by atoms with Crippen LogP contribution in [0.25, 0.3) is 21.5 Å². The molecule has 3 heterocycles. The number of hydrogen-bond donors (Lipinski definition) is 1. The fraction of sp³-hybridized carbons (Fsp3) is 0.462. The van der Waals surface area contributed by atoms with Crippen LogP contribution in [0.5, 0.6) is 0 Å². The Kier molecular flexibility index (Phi) is 6.25. The van der Waals surface area contributed by atoms with Crippen molar-refractivity contribution >= 4 is 33.4 Å². The minimum atomic E-state index is -0.899. The topological polar surface area (TPSA) is 65.8 Å². The molecule has 0 radical (unpaired) electrons. The van der Waals surface area contributed by atoms with E-state index in [4.69, 9.17) is 0 Å². The number of amides is 1. The molecule has 1 aliphatic carbocycles. The molecule has 0 bridgehead atoms. The molecule has 2 fully saturated rings. The summed E-state index contributed by atoms with van der Waals surface area (Å²) in [4.78, 5) is 29.8. The zero-order chi connectivity index (χ0) is 22.9. The molecule has 5 rings (SSSR count). The first-order chi connectivity index (χ1) is 16.0. The third-order valence-electron chi connectivity index (χ3n) is 7.19. The average molecular weight is 466 g/mol. The second-order valence-electron chi connectivity index (χ2n) is 9.36. The van der Waals surface area contributed by atoms with E-state index in [0.717, 1.165) is 60.5 Å². The number of fused-ring (bicyclic) bond motifs is 1. The largest absolute Gasteiger partial charge is 0.477 e. The van der Waals surface area contributed by atoms with Crippen molar-refractivity contribution in [3.8, 4) is 11.3 Å². The van der Waals surface area contributed by atoms with Gasteiger partial charge in [0.05, 0.1) is 15.9 Å². The number of aromatic nitrogens is 1. The molecule has 0 spiro atoms. The minimum absolute atomic E-state index is 0.107. The Bertz CT molecular complexity index is 1150. The Morgan fingerprint density at radius 3 is 2.39 bits per heavy atom. The summed E-state index contributed by atoms with van der Waals surface area (Å²) in [5.41, 5.74) is 4.34. The number of thiophene rings is 1. The average Bonchev–Trinajstić information content (AvgIpc) is 3.39. The lowest BCUT2D eigenvalue weighted by Gasteiger charge is -2.32. The summed E-state index contributed by atoms with van der Waals surface area (Å²) in [6.07, 6.45) is 5.89. The molecule has 1 saturated heterocycles. The number of nitrogens with zero attached hydrogens (tertiary/aromatic N) is 3. The van der Waals surface area contributed by atoms with Crippen molar-refractivity contribution in [2.75, 3.05) is 33.2 Å². The Balaban J connectivity index is 1.65. The van der Waals surface area contributed by atoms with Gasteiger partial charge in [-0.2, -0.15) is 0 Å². The summed E-state index contributed by atoms with van der Waals surface area (Å²) in [6.45, 7) is 3.48. The highest BCUT2D eigenvalue weighted by molar-refractivity contribution is 7.21. The monoisotopic (exact) mass is 465 g/mol. The van der Waals surface area contributed by atoms with E-state index >= 15 is 0 Å². The lowest BCUT2D eigenvalue weighted by atomic mass is 9.83. The molecule has 6 nitrogen and oxygen atoms in total. The van der Waals surface area contributed by atoms with Gasteiger partial charge in [0.2, 0.25) is 5.91 Å². The molecule has 1 aliphatic heterocycles. The molecule has 0 unspecified atom stereocenters. The Labute approximate surface area is 198 Å². The predicted octanol–water partition coefficient (Wildman–Crippen LogP) is 4.89. The van der Waals surface area contributed by atoms with Crippen molar-refractivity contribution in [1.29, 1.82) is 0 Å². The first kappa shape index (κ1) is 22.2. The van der Waals surface area contributed by atoms with Gasteiger partial charge in [-0.15, -0.1) is 11.3 Å². The third-order valence-corrected chi connectivity index (χ3v) is 8.34. The molecule has 2 aromatic heterocycles. The SMILES string of the molecule is CN1CCN(C(=O)Cn2c(-c3ccccc3)c(C3CCCCC3)c3sc(C(=O)O)cc32)CC1. The molecule has 7 heteroatoms. The van der Waals surface area contributed by atoms with E-state index in [1.807, 2.05) is 23.1 Å². The quantitative estimate of drug-likeness (QED) is 0.583. The molecular formula is C26H31N3O3S. The number of carboxylic acid groups (broad SMARTS) is 1. The lowest BCUT2D eigenvalue weighted by Crippen LogP contribution is -2.48. The lowest BCUT2D eigenvalue weighted by molar-refractivity contribution is -0.133. The fourth-order valence-electron chi connectivity index (χ4n) is 5.39. The summed E-state index contributed by atoms with van der Waals surface area (Å²) < 4.78 is 3.16. The number of carboxylic acids is 1. The summed E-state index contributed by atoms with van der Waals surface area (Å²) in [7, 11) is 2.08. The molecule has 2 aliphatic rings. The molecule has 1 saturated carbocycles. The molecule has 1 aromatic carbocycles. The molecule has 33 heavy (non-hydrogen) atoms. The van der Waals surface area contributed by atoms with Gasteiger partial charge < -0.3 is 19.5 Å². The number of hydrogen-bond acceptors (Lipinski definition) is 4. The Morgan fingerprint density at radius 2 is 1.73 bits per heavy atom. The third kappa shape index (κ3) is 4.32. The van der Waals surface area contributed by atoms with Crippen molar-refractivity contribution in [2.24, 2.45) is 0 Å². The van der Waals surface area contributed by atoms with Crippen LogP contribution in [-0.2, 0) is 11.3 Å². The van der Waals surface area contributed by atoms with Crippen molar-refractivity contribution in [3.05, 3.63) is 46.8 Å². The van der Waals surface area contributed by atoms with Crippen molar-refractivity contribution in [3.63, 3.8) is 0 Å². The van der Waals surface area contributed by atoms with Crippen LogP contribution >= 0.6 is 11.3 Å². The number of carbonyl (C=O) groups is 2. The number of rotatable bonds is 5. The van der Waals surface area contributed by atoms with Gasteiger partial charge in [0.1, 0.15) is 11.4 Å². The molecule has 1 N–H and O–H groups in total. The van der Waals surface area contributed by atoms with Crippen LogP contribution in [0.15, 0.2) is 36.4 Å². The van der Waals surface area contributed by atoms with Crippen LogP contribution in [0, 0.1) is 0 Å². The summed E-state index contributed by atoms with van der Waals surface area (Å²) in [6, 6.07) is 12.1. The molecule has 174 valence electrons. The van der Waals surface area contributed by atoms with Gasteiger partial charge in [-0.25, -0.2) is 4.79 Å². The number of piperazine rings is 1. The van der Waals surface area contributed by atoms with Crippen LogP contribution in [0.3, 0.4) is 0 Å². The maximum Gasteiger partial charge on any atom is 0.345 e. The Morgan fingerprint density at radius 1 is 1.03 bits per heavy atom. The first-order valence-electron chi connectivity index (χ1n) is 11.9. The van der Waals surface area contributed by atoms with E-state index in [1.54, 1.807) is 6.07 Å². The summed E-state index contributed by atoms with van der Waals surface area (Å²) in [5, 5.41) is 9.71. The molecular weight excluding hydrogens is 434 g/mol. The van der Waals surface area contributed by atoms with E-state index in [1.165, 1.54) is 36.2 Å². The smallest absolute Gasteiger partial charge is 0.345 e. The van der Waals surface area contributed by atoms with Gasteiger partial charge in [0, 0.05) is 26.2 Å². The van der Waals surface area contributed by atoms with Crippen LogP contribution in [-0.4, -0.2) is 64.6 Å². The van der Waals surface area contributed by atoms with Crippen molar-refractivity contribution in [2.45, 2.75) is 44.6 Å². The van der Waals surface area contributed by atoms with Gasteiger partial charge in [-0.1, -0.05) is 49.6 Å². The van der Waals surface area contributed by atoms with Crippen LogP contribution in [0.1, 0.15) is 53.3 Å². The van der Waals surface area contributed by atoms with Crippen molar-refractivity contribution in [1.82, 2.24) is 14.4 Å². The number of carbonyl (C=O) groups excluding carboxylic acids is 1. The number of aromatic carboxylic acids is 1. The predicted molar refractivity (Wildman–Crippen MR) is 132 cm³/mol. The van der Waals surface area contributed by atoms with Gasteiger partial charge in [-0.3, -0.25) is 4.79 Å². The van der Waals surface area contributed by atoms with Crippen molar-refractivity contribution < 1.29 is 14.7 Å². The van der Waals surface area contributed by atoms with Gasteiger partial charge in [0.25, 0.3) is 0 Å². The second kappa shape index (κ2) is 9.31. The number of benzene rings is 1. The highest BCUT2D eigenvalue weighted by atomic mass is 32.1. The second-order valence-corrected chi connectivity index (χ2v) is 10.4. The normalized spacial score (nSPS) is 18.2. The van der Waals surface area contributed by atoms with Crippen LogP contribution in [0.4, 0.5) is 0 Å². The van der Waals surface area contributed by atoms with Gasteiger partial charge >= 0.3 is 5.97 Å². The van der Waals surface area contributed by atoms with Gasteiger partial charge in [0.15, 0.2) is 0 Å². The standard InChI is InChI=1S/C26H31N3O3S/c1-27-12-14-28(15-13-27)22(30)17-29-20-16-21(26(31)32)33-25(20)23(18-8-4-2-5-9-18)24(29)19-10-6-3-7-11-19/h3,6-7,10-11,16,18H,2,4-5,8-9,12-15,17H2,1H3,(H,31,32). The fourth-order valence-corrected chi connectivity index (χ4v) is 6.51. The van der Waals surface area contributed by atoms with E-state index in [2.05, 4.69) is 28.6 Å². The first-order valence-corrected chi connectivity index (χ1v) is 12.8. The number of likely N-dealkylation sites (N-methyl/N-ethyl adjacent to an activating group) is 1. The highest BCUT2D eigenvalue weighted by Crippen LogP contribution is 2.46. The maximum atomic E-state index is 13.4. The summed E-state index contributed by atoms with van der Waals surface area (Å²) in [5.74, 6) is -0.392. The zero-order valence-corrected chi connectivity index (χ0v) is 19.9.